The molecule has 0 spiro atoms. The van der Waals surface area contributed by atoms with E-state index in [-0.39, 0.29) is 5.78 Å². The molecule has 2 aromatic rings. The van der Waals surface area contributed by atoms with Crippen molar-refractivity contribution in [3.8, 4) is 0 Å². The molecule has 2 heterocycles. The molecule has 0 saturated heterocycles. The summed E-state index contributed by atoms with van der Waals surface area (Å²) in [5.41, 5.74) is 3.03. The van der Waals surface area contributed by atoms with Crippen LogP contribution in [0.4, 0.5) is 0 Å². The van der Waals surface area contributed by atoms with Crippen LogP contribution in [-0.4, -0.2) is 45.3 Å². The average Bonchev–Trinajstić information content (AvgIpc) is 3.04. The average molecular weight is 345 g/mol. The van der Waals surface area contributed by atoms with Crippen LogP contribution >= 0.6 is 23.5 Å². The van der Waals surface area contributed by atoms with Crippen LogP contribution in [0.15, 0.2) is 41.4 Å². The van der Waals surface area contributed by atoms with Crippen molar-refractivity contribution in [1.82, 2.24) is 13.6 Å². The highest BCUT2D eigenvalue weighted by Crippen LogP contribution is 2.29. The number of aromatic nitrogens is 2. The molecule has 0 unspecified atom stereocenters. The summed E-state index contributed by atoms with van der Waals surface area (Å²) >= 11 is 2.88. The minimum atomic E-state index is 0.180. The van der Waals surface area contributed by atoms with Crippen molar-refractivity contribution in [3.63, 3.8) is 0 Å². The third-order valence-electron chi connectivity index (χ3n) is 3.77. The number of nitrogens with zero attached hydrogens (tertiary/aromatic N) is 3. The summed E-state index contributed by atoms with van der Waals surface area (Å²) in [5, 5.41) is 0.956. The van der Waals surface area contributed by atoms with Crippen LogP contribution in [0.1, 0.15) is 28.9 Å². The van der Waals surface area contributed by atoms with E-state index in [0.29, 0.717) is 6.42 Å². The van der Waals surface area contributed by atoms with Crippen LogP contribution in [0, 0.1) is 0 Å². The molecule has 120 valence electrons. The molecule has 3 rings (SSSR count). The van der Waals surface area contributed by atoms with E-state index in [1.54, 1.807) is 11.8 Å². The summed E-state index contributed by atoms with van der Waals surface area (Å²) in [6.45, 7) is 2.01. The predicted octanol–water partition coefficient (Wildman–Crippen LogP) is 3.62. The maximum atomic E-state index is 12.1. The Balaban J connectivity index is 1.58. The van der Waals surface area contributed by atoms with Crippen molar-refractivity contribution in [3.05, 3.63) is 47.7 Å². The van der Waals surface area contributed by atoms with Gasteiger partial charge in [-0.1, -0.05) is 36.4 Å². The van der Waals surface area contributed by atoms with Gasteiger partial charge >= 0.3 is 0 Å². The molecule has 6 heteroatoms. The molecule has 0 atom stereocenters. The lowest BCUT2D eigenvalue weighted by atomic mass is 10.1. The minimum absolute atomic E-state index is 0.180. The minimum Gasteiger partial charge on any atom is -0.302 e. The van der Waals surface area contributed by atoms with Gasteiger partial charge in [0.05, 0.1) is 11.7 Å². The fourth-order valence-electron chi connectivity index (χ4n) is 2.55. The fraction of sp³-hybridized carbons (Fsp3) is 0.353. The standard InChI is InChI=1S/C17H19N3OS2/c1-20-10-5-8-14(12-20)16-17(19-23-18-16)22-11-9-15(21)13-6-3-2-4-7-13/h2-4,6-8H,5,9-12H2,1H3. The number of hydrogen-bond acceptors (Lipinski definition) is 6. The van der Waals surface area contributed by atoms with Gasteiger partial charge < -0.3 is 4.90 Å². The van der Waals surface area contributed by atoms with E-state index in [1.165, 1.54) is 17.3 Å². The Hall–Kier alpha value is -1.50. The fourth-order valence-corrected chi connectivity index (χ4v) is 4.19. The van der Waals surface area contributed by atoms with Crippen LogP contribution in [0.5, 0.6) is 0 Å². The van der Waals surface area contributed by atoms with Gasteiger partial charge in [0.25, 0.3) is 0 Å². The molecule has 0 amide bonds. The van der Waals surface area contributed by atoms with E-state index in [1.807, 2.05) is 30.3 Å². The van der Waals surface area contributed by atoms with E-state index in [4.69, 9.17) is 0 Å². The van der Waals surface area contributed by atoms with E-state index in [0.717, 1.165) is 41.5 Å². The Bertz CT molecular complexity index is 697. The Morgan fingerprint density at radius 3 is 2.91 bits per heavy atom. The molecule has 0 aliphatic carbocycles. The van der Waals surface area contributed by atoms with Gasteiger partial charge in [0.2, 0.25) is 0 Å². The molecule has 0 saturated carbocycles. The van der Waals surface area contributed by atoms with Crippen molar-refractivity contribution in [2.75, 3.05) is 25.9 Å². The lowest BCUT2D eigenvalue weighted by molar-refractivity contribution is 0.0989. The second kappa shape index (κ2) is 7.86. The summed E-state index contributed by atoms with van der Waals surface area (Å²) in [7, 11) is 2.12. The van der Waals surface area contributed by atoms with Gasteiger partial charge in [0.1, 0.15) is 10.7 Å². The van der Waals surface area contributed by atoms with Crippen LogP contribution in [-0.2, 0) is 0 Å². The second-order valence-electron chi connectivity index (χ2n) is 5.56. The first kappa shape index (κ1) is 16.4. The molecule has 1 aromatic carbocycles. The number of Topliss-reactive ketones (excluding diaryl/α,β-unsaturated/α-hetero) is 1. The van der Waals surface area contributed by atoms with E-state index in [9.17, 15) is 4.79 Å². The summed E-state index contributed by atoms with van der Waals surface area (Å²) in [6.07, 6.45) is 3.83. The van der Waals surface area contributed by atoms with Gasteiger partial charge in [0.15, 0.2) is 5.78 Å². The SMILES string of the molecule is CN1CCC=C(c2nsnc2SCCC(=O)c2ccccc2)C1. The highest BCUT2D eigenvalue weighted by Gasteiger charge is 2.18. The first-order valence-corrected chi connectivity index (χ1v) is 9.37. The number of hydrogen-bond donors (Lipinski definition) is 0. The molecule has 1 aromatic heterocycles. The van der Waals surface area contributed by atoms with Crippen molar-refractivity contribution >= 4 is 34.8 Å². The molecule has 23 heavy (non-hydrogen) atoms. The quantitative estimate of drug-likeness (QED) is 0.591. The van der Waals surface area contributed by atoms with E-state index < -0.39 is 0 Å². The number of carbonyl (C=O) groups excluding carboxylic acids is 1. The third kappa shape index (κ3) is 4.28. The Morgan fingerprint density at radius 2 is 2.13 bits per heavy atom. The van der Waals surface area contributed by atoms with Crippen molar-refractivity contribution in [2.24, 2.45) is 0 Å². The Labute approximate surface area is 144 Å². The van der Waals surface area contributed by atoms with Gasteiger partial charge in [-0.15, -0.1) is 11.8 Å². The molecular weight excluding hydrogens is 326 g/mol. The first-order chi connectivity index (χ1) is 11.2. The Morgan fingerprint density at radius 1 is 1.30 bits per heavy atom. The molecule has 0 bridgehead atoms. The molecule has 0 radical (unpaired) electrons. The van der Waals surface area contributed by atoms with Crippen molar-refractivity contribution in [2.45, 2.75) is 17.9 Å². The number of thioether (sulfide) groups is 1. The summed E-state index contributed by atoms with van der Waals surface area (Å²) in [6, 6.07) is 9.45. The number of rotatable bonds is 6. The van der Waals surface area contributed by atoms with Crippen LogP contribution < -0.4 is 0 Å². The van der Waals surface area contributed by atoms with E-state index >= 15 is 0 Å². The van der Waals surface area contributed by atoms with Crippen molar-refractivity contribution < 1.29 is 4.79 Å². The summed E-state index contributed by atoms with van der Waals surface area (Å²) in [5.74, 6) is 0.911. The largest absolute Gasteiger partial charge is 0.302 e. The molecule has 4 nitrogen and oxygen atoms in total. The van der Waals surface area contributed by atoms with Crippen LogP contribution in [0.3, 0.4) is 0 Å². The van der Waals surface area contributed by atoms with Crippen LogP contribution in [0.2, 0.25) is 0 Å². The molecule has 0 N–H and O–H groups in total. The lowest BCUT2D eigenvalue weighted by Crippen LogP contribution is -2.25. The number of carbonyl (C=O) groups is 1. The summed E-state index contributed by atoms with van der Waals surface area (Å²) < 4.78 is 8.87. The maximum absolute atomic E-state index is 12.1. The highest BCUT2D eigenvalue weighted by molar-refractivity contribution is 7.99. The number of benzene rings is 1. The zero-order valence-corrected chi connectivity index (χ0v) is 14.7. The topological polar surface area (TPSA) is 46.1 Å². The van der Waals surface area contributed by atoms with Gasteiger partial charge in [-0.3, -0.25) is 4.79 Å². The van der Waals surface area contributed by atoms with Gasteiger partial charge in [0, 0.05) is 30.8 Å². The molecule has 0 fully saturated rings. The summed E-state index contributed by atoms with van der Waals surface area (Å²) in [4.78, 5) is 14.4. The molecule has 1 aliphatic heterocycles. The monoisotopic (exact) mass is 345 g/mol. The zero-order chi connectivity index (χ0) is 16.1. The second-order valence-corrected chi connectivity index (χ2v) is 7.17. The third-order valence-corrected chi connectivity index (χ3v) is 5.38. The normalized spacial score (nSPS) is 15.4. The lowest BCUT2D eigenvalue weighted by Gasteiger charge is -2.22. The molecule has 1 aliphatic rings. The zero-order valence-electron chi connectivity index (χ0n) is 13.1. The van der Waals surface area contributed by atoms with Crippen LogP contribution in [0.25, 0.3) is 5.57 Å². The van der Waals surface area contributed by atoms with Gasteiger partial charge in [-0.25, -0.2) is 0 Å². The van der Waals surface area contributed by atoms with Crippen molar-refractivity contribution in [1.29, 1.82) is 0 Å². The van der Waals surface area contributed by atoms with Gasteiger partial charge in [-0.2, -0.15) is 8.75 Å². The predicted molar refractivity (Wildman–Crippen MR) is 96.1 cm³/mol. The first-order valence-electron chi connectivity index (χ1n) is 7.65. The smallest absolute Gasteiger partial charge is 0.163 e. The maximum Gasteiger partial charge on any atom is 0.163 e. The van der Waals surface area contributed by atoms with Gasteiger partial charge in [-0.05, 0) is 19.0 Å². The van der Waals surface area contributed by atoms with E-state index in [2.05, 4.69) is 26.8 Å². The number of ketones is 1. The molecular formula is C17H19N3OS2. The highest BCUT2D eigenvalue weighted by atomic mass is 32.2. The Kier molecular flexibility index (Phi) is 5.59. The number of likely N-dealkylation sites (N-methyl/N-ethyl adjacent to an activating group) is 1.